The van der Waals surface area contributed by atoms with Gasteiger partial charge in [-0.15, -0.1) is 0 Å². The summed E-state index contributed by atoms with van der Waals surface area (Å²) in [5.41, 5.74) is 0.876. The van der Waals surface area contributed by atoms with Gasteiger partial charge in [0.05, 0.1) is 0 Å². The summed E-state index contributed by atoms with van der Waals surface area (Å²) in [7, 11) is -3.27. The molecule has 0 atom stereocenters. The van der Waals surface area contributed by atoms with Gasteiger partial charge >= 0.3 is 181 Å². The van der Waals surface area contributed by atoms with Gasteiger partial charge in [-0.2, -0.15) is 0 Å². The molecule has 6 heteroatoms. The van der Waals surface area contributed by atoms with Gasteiger partial charge in [0.25, 0.3) is 0 Å². The molecule has 3 nitrogen and oxygen atoms in total. The van der Waals surface area contributed by atoms with Crippen LogP contribution >= 0.6 is 22.6 Å². The van der Waals surface area contributed by atoms with Gasteiger partial charge in [-0.25, -0.2) is 0 Å². The topological polar surface area (TPSA) is 37.4 Å². The van der Waals surface area contributed by atoms with Crippen LogP contribution in [0, 0.1) is 3.57 Å². The summed E-state index contributed by atoms with van der Waals surface area (Å²) in [6.45, 7) is 6.76. The van der Waals surface area contributed by atoms with Gasteiger partial charge in [-0.1, -0.05) is 0 Å². The van der Waals surface area contributed by atoms with E-state index in [1.807, 2.05) is 24.3 Å². The summed E-state index contributed by atoms with van der Waals surface area (Å²) in [6.07, 6.45) is 8.77. The van der Waals surface area contributed by atoms with E-state index in [-0.39, 0.29) is 0 Å². The van der Waals surface area contributed by atoms with Crippen molar-refractivity contribution in [1.29, 1.82) is 0 Å². The maximum atomic E-state index is 12.7. The first-order valence-corrected chi connectivity index (χ1v) is 21.0. The molecule has 0 aliphatic heterocycles. The summed E-state index contributed by atoms with van der Waals surface area (Å²) in [5, 5.41) is 0. The van der Waals surface area contributed by atoms with E-state index >= 15 is 0 Å². The second-order valence-electron chi connectivity index (χ2n) is 7.53. The minimum atomic E-state index is -3.27. The zero-order chi connectivity index (χ0) is 19.6. The zero-order valence-electron chi connectivity index (χ0n) is 16.9. The Labute approximate surface area is 179 Å². The molecule has 0 bridgehead atoms. The monoisotopic (exact) mass is 601 g/mol. The van der Waals surface area contributed by atoms with Gasteiger partial charge in [-0.3, -0.25) is 0 Å². The Kier molecular flexibility index (Phi) is 11.5. The Hall–Kier alpha value is 0.499. The van der Waals surface area contributed by atoms with E-state index in [0.717, 1.165) is 13.8 Å². The Balaban J connectivity index is 3.28. The second kappa shape index (κ2) is 12.1. The number of hydrogen-bond donors (Lipinski definition) is 0. The molecule has 0 saturated carbocycles. The third kappa shape index (κ3) is 7.86. The molecule has 0 aromatic heterocycles. The third-order valence-electron chi connectivity index (χ3n) is 5.18. The molecular formula is C20H36INO2SSn. The number of sulfonamides is 1. The summed E-state index contributed by atoms with van der Waals surface area (Å²) in [4.78, 5) is 0. The van der Waals surface area contributed by atoms with Crippen LogP contribution in [-0.4, -0.2) is 37.6 Å². The molecule has 0 saturated heterocycles. The van der Waals surface area contributed by atoms with Gasteiger partial charge < -0.3 is 0 Å². The predicted octanol–water partition coefficient (Wildman–Crippen LogP) is 6.45. The first-order valence-electron chi connectivity index (χ1n) is 10.0. The second-order valence-corrected chi connectivity index (χ2v) is 24.3. The van der Waals surface area contributed by atoms with Gasteiger partial charge in [0.15, 0.2) is 0 Å². The molecule has 26 heavy (non-hydrogen) atoms. The van der Waals surface area contributed by atoms with Crippen LogP contribution in [-0.2, 0) is 10.0 Å². The molecule has 0 amide bonds. The Bertz CT molecular complexity index is 615. The van der Waals surface area contributed by atoms with E-state index in [4.69, 9.17) is 0 Å². The quantitative estimate of drug-likeness (QED) is 0.193. The van der Waals surface area contributed by atoms with Crippen LogP contribution in [0.3, 0.4) is 0 Å². The fourth-order valence-corrected chi connectivity index (χ4v) is 24.2. The number of anilines is 1. The molecule has 150 valence electrons. The van der Waals surface area contributed by atoms with Crippen LogP contribution in [0.1, 0.15) is 59.3 Å². The van der Waals surface area contributed by atoms with Crippen LogP contribution in [0.4, 0.5) is 5.69 Å². The molecule has 1 rings (SSSR count). The van der Waals surface area contributed by atoms with Crippen molar-refractivity contribution in [2.24, 2.45) is 0 Å². The maximum absolute atomic E-state index is 12.7. The molecule has 0 N–H and O–H groups in total. The van der Waals surface area contributed by atoms with Crippen LogP contribution < -0.4 is 4.31 Å². The van der Waals surface area contributed by atoms with Crippen molar-refractivity contribution in [3.05, 3.63) is 27.8 Å². The summed E-state index contributed by atoms with van der Waals surface area (Å²) < 4.78 is 33.0. The fourth-order valence-electron chi connectivity index (χ4n) is 3.61. The SMILES string of the molecule is CCC[CH2][Sn]([CH2]CCC)([CH2]CCC)[CH2]N(c1ccccc1I)S(C)(=O)=O. The molecule has 1 aromatic rings. The molecule has 0 aliphatic carbocycles. The standard InChI is InChI=1S/C8H9INO2S.3C4H9.Sn/c1-10(13(2,11)12)8-6-4-3-5-7(8)9;3*1-3-4-2;/h3-6H,1H2,2H3;3*1,3-4H2,2H3;. The van der Waals surface area contributed by atoms with Crippen molar-refractivity contribution in [3.63, 3.8) is 0 Å². The first kappa shape index (κ1) is 24.5. The number of unbranched alkanes of at least 4 members (excludes halogenated alkanes) is 3. The summed E-state index contributed by atoms with van der Waals surface area (Å²) in [5.74, 6) is 0. The fraction of sp³-hybridized carbons (Fsp3) is 0.700. The number of rotatable bonds is 13. The van der Waals surface area contributed by atoms with Crippen molar-refractivity contribution in [2.75, 3.05) is 15.1 Å². The van der Waals surface area contributed by atoms with Crippen molar-refractivity contribution in [2.45, 2.75) is 72.6 Å². The van der Waals surface area contributed by atoms with E-state index in [1.165, 1.54) is 58.1 Å². The summed E-state index contributed by atoms with van der Waals surface area (Å²) >= 11 is -0.328. The van der Waals surface area contributed by atoms with E-state index in [2.05, 4.69) is 43.4 Å². The molecule has 0 fully saturated rings. The Morgan fingerprint density at radius 3 is 1.77 bits per heavy atom. The van der Waals surface area contributed by atoms with Gasteiger partial charge in [0.1, 0.15) is 0 Å². The molecular weight excluding hydrogens is 564 g/mol. The van der Waals surface area contributed by atoms with Crippen LogP contribution in [0.2, 0.25) is 13.3 Å². The zero-order valence-corrected chi connectivity index (χ0v) is 22.8. The van der Waals surface area contributed by atoms with Gasteiger partial charge in [-0.05, 0) is 0 Å². The molecule has 0 heterocycles. The molecule has 0 spiro atoms. The molecule has 0 unspecified atom stereocenters. The van der Waals surface area contributed by atoms with Gasteiger partial charge in [0, 0.05) is 0 Å². The average Bonchev–Trinajstić information content (AvgIpc) is 2.60. The van der Waals surface area contributed by atoms with Crippen LogP contribution in [0.25, 0.3) is 0 Å². The minimum absolute atomic E-state index is 0.813. The number of halogens is 1. The summed E-state index contributed by atoms with van der Waals surface area (Å²) in [6, 6.07) is 7.92. The third-order valence-corrected chi connectivity index (χ3v) is 22.8. The number of para-hydroxylation sites is 1. The van der Waals surface area contributed by atoms with Crippen molar-refractivity contribution >= 4 is 56.7 Å². The van der Waals surface area contributed by atoms with E-state index < -0.39 is 28.4 Å². The predicted molar refractivity (Wildman–Crippen MR) is 126 cm³/mol. The number of hydrogen-bond acceptors (Lipinski definition) is 2. The number of nitrogens with zero attached hydrogens (tertiary/aromatic N) is 1. The average molecular weight is 600 g/mol. The van der Waals surface area contributed by atoms with Crippen LogP contribution in [0.5, 0.6) is 0 Å². The van der Waals surface area contributed by atoms with E-state index in [0.29, 0.717) is 0 Å². The Morgan fingerprint density at radius 1 is 0.923 bits per heavy atom. The number of benzene rings is 1. The van der Waals surface area contributed by atoms with Crippen molar-refractivity contribution in [3.8, 4) is 0 Å². The van der Waals surface area contributed by atoms with Gasteiger partial charge in [0.2, 0.25) is 0 Å². The molecule has 0 radical (unpaired) electrons. The first-order chi connectivity index (χ1) is 12.3. The van der Waals surface area contributed by atoms with Crippen LogP contribution in [0.15, 0.2) is 24.3 Å². The van der Waals surface area contributed by atoms with Crippen molar-refractivity contribution in [1.82, 2.24) is 0 Å². The molecule has 1 aromatic carbocycles. The van der Waals surface area contributed by atoms with E-state index in [9.17, 15) is 8.42 Å². The van der Waals surface area contributed by atoms with E-state index in [1.54, 1.807) is 4.31 Å². The normalized spacial score (nSPS) is 12.3. The Morgan fingerprint density at radius 2 is 1.38 bits per heavy atom. The molecule has 0 aliphatic rings. The van der Waals surface area contributed by atoms with Crippen molar-refractivity contribution < 1.29 is 8.42 Å².